The molecule has 0 unspecified atom stereocenters. The maximum absolute atomic E-state index is 13.5. The van der Waals surface area contributed by atoms with Crippen molar-refractivity contribution in [2.24, 2.45) is 0 Å². The summed E-state index contributed by atoms with van der Waals surface area (Å²) in [6, 6.07) is 34.3. The number of anilines is 1. The van der Waals surface area contributed by atoms with Crippen LogP contribution in [0.15, 0.2) is 127 Å². The van der Waals surface area contributed by atoms with E-state index in [0.29, 0.717) is 33.9 Å². The molecule has 0 atom stereocenters. The molecule has 5 aromatic carbocycles. The molecule has 0 heterocycles. The molecule has 7 nitrogen and oxygen atoms in total. The number of hydrogen-bond acceptors (Lipinski definition) is 5. The maximum atomic E-state index is 13.5. The maximum Gasteiger partial charge on any atom is 0.272 e. The first-order valence-electron chi connectivity index (χ1n) is 13.9. The van der Waals surface area contributed by atoms with E-state index in [1.165, 1.54) is 19.3 Å². The molecule has 2 N–H and O–H groups in total. The fraction of sp³-hybridized carbons (Fsp3) is 0.0541. The van der Waals surface area contributed by atoms with Gasteiger partial charge in [-0.15, -0.1) is 0 Å². The van der Waals surface area contributed by atoms with Crippen molar-refractivity contribution in [1.82, 2.24) is 5.32 Å². The van der Waals surface area contributed by atoms with Gasteiger partial charge in [-0.3, -0.25) is 14.4 Å². The summed E-state index contributed by atoms with van der Waals surface area (Å²) in [6.45, 7) is 0. The SMILES string of the molecule is COc1ccc(/C=C(\NC(=O)c2ccccc2)C(=O)Nc2ccc(C(=O)/C=C/c3cccc4ccccc34)cc2)c(OC)c1. The van der Waals surface area contributed by atoms with Gasteiger partial charge in [0.2, 0.25) is 0 Å². The number of fused-ring (bicyclic) bond motifs is 1. The van der Waals surface area contributed by atoms with E-state index in [1.807, 2.05) is 42.5 Å². The molecule has 0 fully saturated rings. The zero-order valence-corrected chi connectivity index (χ0v) is 24.2. The van der Waals surface area contributed by atoms with Crippen molar-refractivity contribution >= 4 is 46.2 Å². The van der Waals surface area contributed by atoms with Crippen molar-refractivity contribution in [1.29, 1.82) is 0 Å². The van der Waals surface area contributed by atoms with Gasteiger partial charge < -0.3 is 20.1 Å². The van der Waals surface area contributed by atoms with E-state index in [1.54, 1.807) is 86.0 Å². The Labute approximate surface area is 255 Å². The van der Waals surface area contributed by atoms with Gasteiger partial charge in [0.1, 0.15) is 17.2 Å². The Balaban J connectivity index is 1.35. The van der Waals surface area contributed by atoms with E-state index < -0.39 is 11.8 Å². The first-order valence-corrected chi connectivity index (χ1v) is 13.9. The molecule has 0 aliphatic rings. The second-order valence-electron chi connectivity index (χ2n) is 9.78. The van der Waals surface area contributed by atoms with Crippen LogP contribution in [0.1, 0.15) is 31.8 Å². The number of hydrogen-bond donors (Lipinski definition) is 2. The van der Waals surface area contributed by atoms with Crippen LogP contribution in [0.25, 0.3) is 22.9 Å². The highest BCUT2D eigenvalue weighted by Crippen LogP contribution is 2.27. The van der Waals surface area contributed by atoms with Crippen LogP contribution in [-0.2, 0) is 4.79 Å². The summed E-state index contributed by atoms with van der Waals surface area (Å²) in [5.41, 5.74) is 2.82. The van der Waals surface area contributed by atoms with Crippen LogP contribution in [0.2, 0.25) is 0 Å². The molecule has 0 aliphatic carbocycles. The summed E-state index contributed by atoms with van der Waals surface area (Å²) in [4.78, 5) is 39.3. The molecule has 5 aromatic rings. The van der Waals surface area contributed by atoms with Crippen molar-refractivity contribution in [2.45, 2.75) is 0 Å². The summed E-state index contributed by atoms with van der Waals surface area (Å²) in [7, 11) is 3.05. The highest BCUT2D eigenvalue weighted by Gasteiger charge is 2.17. The number of carbonyl (C=O) groups excluding carboxylic acids is 3. The minimum absolute atomic E-state index is 0.000457. The van der Waals surface area contributed by atoms with E-state index in [9.17, 15) is 14.4 Å². The molecule has 5 rings (SSSR count). The minimum Gasteiger partial charge on any atom is -0.497 e. The van der Waals surface area contributed by atoms with E-state index in [-0.39, 0.29) is 11.5 Å². The molecule has 2 amide bonds. The standard InChI is InChI=1S/C37H30N2O5/c1-43-31-21-17-29(35(24-31)44-2)23-33(39-36(41)28-10-4-3-5-11-28)37(42)38-30-19-15-27(16-20-30)34(40)22-18-26-13-8-12-25-9-6-7-14-32(25)26/h3-24H,1-2H3,(H,38,42)(H,39,41)/b22-18+,33-23-. The van der Waals surface area contributed by atoms with Gasteiger partial charge in [0.15, 0.2) is 5.78 Å². The lowest BCUT2D eigenvalue weighted by Crippen LogP contribution is -2.30. The third-order valence-electron chi connectivity index (χ3n) is 6.93. The number of benzene rings is 5. The summed E-state index contributed by atoms with van der Waals surface area (Å²) >= 11 is 0. The van der Waals surface area contributed by atoms with Crippen LogP contribution in [-0.4, -0.2) is 31.8 Å². The van der Waals surface area contributed by atoms with Gasteiger partial charge >= 0.3 is 0 Å². The number of ether oxygens (including phenoxy) is 2. The third-order valence-corrected chi connectivity index (χ3v) is 6.93. The van der Waals surface area contributed by atoms with Crippen molar-refractivity contribution in [2.75, 3.05) is 19.5 Å². The Morgan fingerprint density at radius 3 is 2.16 bits per heavy atom. The van der Waals surface area contributed by atoms with E-state index in [2.05, 4.69) is 10.6 Å². The molecule has 0 aliphatic heterocycles. The lowest BCUT2D eigenvalue weighted by atomic mass is 10.0. The molecule has 0 bridgehead atoms. The average molecular weight is 583 g/mol. The van der Waals surface area contributed by atoms with Crippen LogP contribution < -0.4 is 20.1 Å². The molecule has 0 spiro atoms. The van der Waals surface area contributed by atoms with Gasteiger partial charge in [0.25, 0.3) is 11.8 Å². The molecule has 0 aromatic heterocycles. The zero-order valence-electron chi connectivity index (χ0n) is 24.2. The lowest BCUT2D eigenvalue weighted by molar-refractivity contribution is -0.113. The van der Waals surface area contributed by atoms with E-state index >= 15 is 0 Å². The van der Waals surface area contributed by atoms with Crippen LogP contribution in [0, 0.1) is 0 Å². The summed E-state index contributed by atoms with van der Waals surface area (Å²) < 4.78 is 10.7. The fourth-order valence-corrected chi connectivity index (χ4v) is 4.61. The van der Waals surface area contributed by atoms with Crippen LogP contribution in [0.5, 0.6) is 11.5 Å². The van der Waals surface area contributed by atoms with Gasteiger partial charge in [-0.1, -0.05) is 66.7 Å². The van der Waals surface area contributed by atoms with Crippen LogP contribution >= 0.6 is 0 Å². The molecular weight excluding hydrogens is 552 g/mol. The minimum atomic E-state index is -0.554. The fourth-order valence-electron chi connectivity index (χ4n) is 4.61. The van der Waals surface area contributed by atoms with Gasteiger partial charge in [-0.2, -0.15) is 0 Å². The second kappa shape index (κ2) is 13.8. The first kappa shape index (κ1) is 29.5. The van der Waals surface area contributed by atoms with E-state index in [0.717, 1.165) is 16.3 Å². The predicted molar refractivity (Wildman–Crippen MR) is 174 cm³/mol. The quantitative estimate of drug-likeness (QED) is 0.135. The molecule has 7 heteroatoms. The van der Waals surface area contributed by atoms with Crippen molar-refractivity contribution in [3.05, 3.63) is 149 Å². The van der Waals surface area contributed by atoms with Crippen molar-refractivity contribution in [3.8, 4) is 11.5 Å². The van der Waals surface area contributed by atoms with Crippen molar-refractivity contribution < 1.29 is 23.9 Å². The molecule has 0 saturated carbocycles. The molecule has 44 heavy (non-hydrogen) atoms. The summed E-state index contributed by atoms with van der Waals surface area (Å²) in [5.74, 6) is -0.124. The zero-order chi connectivity index (χ0) is 30.9. The van der Waals surface area contributed by atoms with Gasteiger partial charge in [-0.25, -0.2) is 0 Å². The molecule has 0 saturated heterocycles. The third kappa shape index (κ3) is 7.09. The summed E-state index contributed by atoms with van der Waals surface area (Å²) in [5, 5.41) is 7.68. The lowest BCUT2D eigenvalue weighted by Gasteiger charge is -2.13. The van der Waals surface area contributed by atoms with Gasteiger partial charge in [0, 0.05) is 28.4 Å². The number of amides is 2. The number of allylic oxidation sites excluding steroid dienone is 1. The van der Waals surface area contributed by atoms with E-state index in [4.69, 9.17) is 9.47 Å². The number of ketones is 1. The smallest absolute Gasteiger partial charge is 0.272 e. The highest BCUT2D eigenvalue weighted by molar-refractivity contribution is 6.11. The highest BCUT2D eigenvalue weighted by atomic mass is 16.5. The Kier molecular flexibility index (Phi) is 9.27. The average Bonchev–Trinajstić information content (AvgIpc) is 3.07. The number of nitrogens with one attached hydrogen (secondary N) is 2. The Morgan fingerprint density at radius 1 is 0.682 bits per heavy atom. The molecule has 0 radical (unpaired) electrons. The Hall–Kier alpha value is -5.95. The Bertz CT molecular complexity index is 1870. The van der Waals surface area contributed by atoms with Gasteiger partial charge in [0.05, 0.1) is 14.2 Å². The van der Waals surface area contributed by atoms with Crippen molar-refractivity contribution in [3.63, 3.8) is 0 Å². The van der Waals surface area contributed by atoms with Gasteiger partial charge in [-0.05, 0) is 77.0 Å². The van der Waals surface area contributed by atoms with Crippen LogP contribution in [0.4, 0.5) is 5.69 Å². The van der Waals surface area contributed by atoms with Crippen LogP contribution in [0.3, 0.4) is 0 Å². The topological polar surface area (TPSA) is 93.7 Å². The number of methoxy groups -OCH3 is 2. The first-order chi connectivity index (χ1) is 21.4. The second-order valence-corrected chi connectivity index (χ2v) is 9.78. The Morgan fingerprint density at radius 2 is 1.41 bits per heavy atom. The number of carbonyl (C=O) groups is 3. The number of rotatable bonds is 10. The molecule has 218 valence electrons. The normalized spacial score (nSPS) is 11.3. The summed E-state index contributed by atoms with van der Waals surface area (Å²) in [6.07, 6.45) is 4.88. The predicted octanol–water partition coefficient (Wildman–Crippen LogP) is 7.16. The monoisotopic (exact) mass is 582 g/mol. The molecular formula is C37H30N2O5. The largest absolute Gasteiger partial charge is 0.497 e.